The lowest BCUT2D eigenvalue weighted by molar-refractivity contribution is 0.305. The quantitative estimate of drug-likeness (QED) is 0.839. The van der Waals surface area contributed by atoms with Crippen molar-refractivity contribution in [1.82, 2.24) is 0 Å². The Morgan fingerprint density at radius 2 is 1.89 bits per heavy atom. The van der Waals surface area contributed by atoms with Gasteiger partial charge in [0.25, 0.3) is 0 Å². The Bertz CT molecular complexity index is 590. The van der Waals surface area contributed by atoms with E-state index in [1.54, 1.807) is 36.4 Å². The molecule has 0 heterocycles. The summed E-state index contributed by atoms with van der Waals surface area (Å²) in [5, 5.41) is 8.73. The van der Waals surface area contributed by atoms with E-state index in [1.165, 1.54) is 6.07 Å². The third kappa shape index (κ3) is 2.79. The van der Waals surface area contributed by atoms with Crippen LogP contribution in [0.1, 0.15) is 11.1 Å². The van der Waals surface area contributed by atoms with Gasteiger partial charge in [-0.05, 0) is 30.3 Å². The van der Waals surface area contributed by atoms with E-state index < -0.39 is 5.82 Å². The molecule has 2 aromatic rings. The highest BCUT2D eigenvalue weighted by molar-refractivity contribution is 6.31. The summed E-state index contributed by atoms with van der Waals surface area (Å²) in [5.41, 5.74) is 1.15. The predicted octanol–water partition coefficient (Wildman–Crippen LogP) is 3.93. The van der Waals surface area contributed by atoms with Gasteiger partial charge in [0.05, 0.1) is 16.7 Å². The highest BCUT2D eigenvalue weighted by atomic mass is 35.5. The minimum absolute atomic E-state index is 0.0751. The van der Waals surface area contributed by atoms with Crippen LogP contribution in [0.4, 0.5) is 4.39 Å². The summed E-state index contributed by atoms with van der Waals surface area (Å²) >= 11 is 5.81. The van der Waals surface area contributed by atoms with Gasteiger partial charge in [-0.3, -0.25) is 0 Å². The molecule has 0 aliphatic rings. The van der Waals surface area contributed by atoms with Crippen molar-refractivity contribution in [3.63, 3.8) is 0 Å². The van der Waals surface area contributed by atoms with E-state index >= 15 is 0 Å². The van der Waals surface area contributed by atoms with E-state index in [0.29, 0.717) is 16.9 Å². The molecule has 0 aliphatic carbocycles. The van der Waals surface area contributed by atoms with Crippen LogP contribution in [0.25, 0.3) is 0 Å². The van der Waals surface area contributed by atoms with Crippen molar-refractivity contribution >= 4 is 11.6 Å². The fraction of sp³-hybridized carbons (Fsp3) is 0.0714. The molecule has 0 unspecified atom stereocenters. The average molecular weight is 262 g/mol. The Morgan fingerprint density at radius 1 is 1.17 bits per heavy atom. The van der Waals surface area contributed by atoms with Gasteiger partial charge in [0.15, 0.2) is 0 Å². The molecule has 0 saturated heterocycles. The van der Waals surface area contributed by atoms with Crippen LogP contribution in [0.5, 0.6) is 5.75 Å². The lowest BCUT2D eigenvalue weighted by atomic mass is 10.2. The zero-order chi connectivity index (χ0) is 13.0. The van der Waals surface area contributed by atoms with Gasteiger partial charge in [-0.25, -0.2) is 4.39 Å². The molecule has 0 saturated carbocycles. The fourth-order valence-corrected chi connectivity index (χ4v) is 1.63. The Morgan fingerprint density at radius 3 is 2.56 bits per heavy atom. The molecule has 2 nitrogen and oxygen atoms in total. The minimum atomic E-state index is -0.461. The molecule has 0 spiro atoms. The molecule has 0 bridgehead atoms. The lowest BCUT2D eigenvalue weighted by Crippen LogP contribution is -1.97. The fourth-order valence-electron chi connectivity index (χ4n) is 1.45. The van der Waals surface area contributed by atoms with Crippen LogP contribution < -0.4 is 4.74 Å². The van der Waals surface area contributed by atoms with E-state index in [1.807, 2.05) is 6.07 Å². The maximum atomic E-state index is 13.2. The molecule has 0 N–H and O–H groups in total. The second kappa shape index (κ2) is 5.52. The number of nitriles is 1. The molecule has 2 rings (SSSR count). The summed E-state index contributed by atoms with van der Waals surface area (Å²) in [6.07, 6.45) is 0. The third-order valence-corrected chi connectivity index (χ3v) is 2.83. The summed E-state index contributed by atoms with van der Waals surface area (Å²) < 4.78 is 18.6. The Labute approximate surface area is 109 Å². The first kappa shape index (κ1) is 12.4. The van der Waals surface area contributed by atoms with E-state index in [9.17, 15) is 4.39 Å². The van der Waals surface area contributed by atoms with E-state index in [-0.39, 0.29) is 11.6 Å². The van der Waals surface area contributed by atoms with Crippen molar-refractivity contribution in [1.29, 1.82) is 5.26 Å². The number of ether oxygens (including phenoxy) is 1. The number of halogens is 2. The molecule has 0 amide bonds. The zero-order valence-electron chi connectivity index (χ0n) is 9.36. The molecule has 0 radical (unpaired) electrons. The lowest BCUT2D eigenvalue weighted by Gasteiger charge is -2.08. The highest BCUT2D eigenvalue weighted by Gasteiger charge is 2.06. The van der Waals surface area contributed by atoms with Gasteiger partial charge in [-0.2, -0.15) is 5.26 Å². The number of hydrogen-bond acceptors (Lipinski definition) is 2. The second-order valence-corrected chi connectivity index (χ2v) is 4.02. The number of rotatable bonds is 3. The van der Waals surface area contributed by atoms with Crippen LogP contribution in [0.3, 0.4) is 0 Å². The largest absolute Gasteiger partial charge is 0.489 e. The van der Waals surface area contributed by atoms with Crippen LogP contribution in [0.2, 0.25) is 5.02 Å². The summed E-state index contributed by atoms with van der Waals surface area (Å²) in [4.78, 5) is 0. The summed E-state index contributed by atoms with van der Waals surface area (Å²) in [7, 11) is 0. The van der Waals surface area contributed by atoms with E-state index in [0.717, 1.165) is 0 Å². The van der Waals surface area contributed by atoms with Crippen molar-refractivity contribution in [2.24, 2.45) is 0 Å². The zero-order valence-corrected chi connectivity index (χ0v) is 10.1. The summed E-state index contributed by atoms with van der Waals surface area (Å²) in [5.74, 6) is 0.145. The molecule has 0 aromatic heterocycles. The van der Waals surface area contributed by atoms with Crippen molar-refractivity contribution in [2.45, 2.75) is 6.61 Å². The first-order valence-corrected chi connectivity index (χ1v) is 5.64. The number of hydrogen-bond donors (Lipinski definition) is 0. The molecule has 18 heavy (non-hydrogen) atoms. The Hall–Kier alpha value is -2.05. The van der Waals surface area contributed by atoms with Gasteiger partial charge in [-0.1, -0.05) is 23.7 Å². The van der Waals surface area contributed by atoms with Crippen LogP contribution in [-0.2, 0) is 6.61 Å². The third-order valence-electron chi connectivity index (χ3n) is 2.41. The van der Waals surface area contributed by atoms with Crippen molar-refractivity contribution in [3.05, 3.63) is 64.4 Å². The second-order valence-electron chi connectivity index (χ2n) is 3.64. The maximum Gasteiger partial charge on any atom is 0.142 e. The maximum absolute atomic E-state index is 13.2. The normalized spacial score (nSPS) is 9.83. The van der Waals surface area contributed by atoms with Crippen LogP contribution in [-0.4, -0.2) is 0 Å². The van der Waals surface area contributed by atoms with E-state index in [4.69, 9.17) is 21.6 Å². The van der Waals surface area contributed by atoms with Gasteiger partial charge < -0.3 is 4.74 Å². The molecule has 0 fully saturated rings. The molecule has 0 atom stereocenters. The average Bonchev–Trinajstić information content (AvgIpc) is 2.41. The Kier molecular flexibility index (Phi) is 3.81. The predicted molar refractivity (Wildman–Crippen MR) is 66.9 cm³/mol. The highest BCUT2D eigenvalue weighted by Crippen LogP contribution is 2.21. The minimum Gasteiger partial charge on any atom is -0.489 e. The van der Waals surface area contributed by atoms with Gasteiger partial charge in [0.2, 0.25) is 0 Å². The summed E-state index contributed by atoms with van der Waals surface area (Å²) in [6, 6.07) is 13.3. The van der Waals surface area contributed by atoms with Gasteiger partial charge >= 0.3 is 0 Å². The van der Waals surface area contributed by atoms with Gasteiger partial charge in [0.1, 0.15) is 18.2 Å². The van der Waals surface area contributed by atoms with Crippen molar-refractivity contribution in [3.8, 4) is 11.8 Å². The summed E-state index contributed by atoms with van der Waals surface area (Å²) in [6.45, 7) is 0.183. The smallest absolute Gasteiger partial charge is 0.142 e. The van der Waals surface area contributed by atoms with Crippen LogP contribution >= 0.6 is 11.6 Å². The molecule has 4 heteroatoms. The van der Waals surface area contributed by atoms with Crippen molar-refractivity contribution in [2.75, 3.05) is 0 Å². The topological polar surface area (TPSA) is 33.0 Å². The van der Waals surface area contributed by atoms with Crippen LogP contribution in [0, 0.1) is 17.1 Å². The molecular formula is C14H9ClFNO. The molecular weight excluding hydrogens is 253 g/mol. The first-order valence-electron chi connectivity index (χ1n) is 5.26. The number of benzene rings is 2. The molecule has 90 valence electrons. The van der Waals surface area contributed by atoms with Crippen molar-refractivity contribution < 1.29 is 9.13 Å². The first-order chi connectivity index (χ1) is 8.70. The molecule has 0 aliphatic heterocycles. The Balaban J connectivity index is 2.07. The monoisotopic (exact) mass is 261 g/mol. The van der Waals surface area contributed by atoms with Gasteiger partial charge in [-0.15, -0.1) is 0 Å². The SMILES string of the molecule is N#Cc1ccc(OCc2cccc(F)c2Cl)cc1. The van der Waals surface area contributed by atoms with E-state index in [2.05, 4.69) is 0 Å². The van der Waals surface area contributed by atoms with Crippen LogP contribution in [0.15, 0.2) is 42.5 Å². The number of nitrogens with zero attached hydrogens (tertiary/aromatic N) is 1. The standard InChI is InChI=1S/C14H9ClFNO/c15-14-11(2-1-3-13(14)16)9-18-12-6-4-10(8-17)5-7-12/h1-7H,9H2. The molecule has 2 aromatic carbocycles. The van der Waals surface area contributed by atoms with Gasteiger partial charge in [0, 0.05) is 5.56 Å².